The standard InChI is InChI=1S/C68H42N4OS/c1-2-17-46(18-3-1)72-58-23-11-8-20-48(58)57-38-44(29-35-59(57)72)66-69-67(45-28-30-50-49-21-10-13-25-61(49)74-62(50)39-45)71-68(70-66)55-34-33-53(65-64(55)54-22-9-12-24-60(54)73-65)51-32-27-43-36-41-15-4-5-16-42(41)37-56(43)52-31-26-40-14-6-7-19-47(40)63(51)52/h1-26,28-31,33-39,51H,27,32H2. The molecule has 74 heavy (non-hydrogen) atoms. The highest BCUT2D eigenvalue weighted by molar-refractivity contribution is 7.25. The molecule has 1 aliphatic rings. The third-order valence-corrected chi connectivity index (χ3v) is 16.8. The lowest BCUT2D eigenvalue weighted by Gasteiger charge is -2.22. The minimum absolute atomic E-state index is 0.0333. The van der Waals surface area contributed by atoms with Crippen LogP contribution in [0.4, 0.5) is 0 Å². The van der Waals surface area contributed by atoms with E-state index in [1.807, 2.05) is 0 Å². The Balaban J connectivity index is 0.930. The lowest BCUT2D eigenvalue weighted by atomic mass is 9.81. The van der Waals surface area contributed by atoms with Crippen molar-refractivity contribution in [1.82, 2.24) is 19.5 Å². The lowest BCUT2D eigenvalue weighted by Crippen LogP contribution is -2.05. The van der Waals surface area contributed by atoms with E-state index in [0.717, 1.165) is 73.6 Å². The summed E-state index contributed by atoms with van der Waals surface area (Å²) in [6.07, 6.45) is 1.84. The van der Waals surface area contributed by atoms with Gasteiger partial charge in [0.1, 0.15) is 11.2 Å². The number of furan rings is 1. The fourth-order valence-corrected chi connectivity index (χ4v) is 13.4. The van der Waals surface area contributed by atoms with Crippen molar-refractivity contribution in [2.24, 2.45) is 0 Å². The largest absolute Gasteiger partial charge is 0.456 e. The molecule has 4 aromatic heterocycles. The van der Waals surface area contributed by atoms with Gasteiger partial charge in [0.2, 0.25) is 0 Å². The molecule has 15 aromatic rings. The summed E-state index contributed by atoms with van der Waals surface area (Å²) in [5, 5.41) is 11.9. The molecule has 5 nitrogen and oxygen atoms in total. The van der Waals surface area contributed by atoms with Crippen LogP contribution >= 0.6 is 11.3 Å². The summed E-state index contributed by atoms with van der Waals surface area (Å²) >= 11 is 1.80. The van der Waals surface area contributed by atoms with Gasteiger partial charge in [0, 0.05) is 75.6 Å². The fraction of sp³-hybridized carbons (Fsp3) is 0.0441. The van der Waals surface area contributed by atoms with E-state index in [0.29, 0.717) is 17.5 Å². The number of hydrogen-bond acceptors (Lipinski definition) is 5. The molecule has 346 valence electrons. The first-order valence-corrected chi connectivity index (χ1v) is 26.2. The topological polar surface area (TPSA) is 56.7 Å². The number of aromatic nitrogens is 4. The number of hydrogen-bond donors (Lipinski definition) is 0. The van der Waals surface area contributed by atoms with Gasteiger partial charge >= 0.3 is 0 Å². The molecule has 1 atom stereocenters. The first-order valence-electron chi connectivity index (χ1n) is 25.4. The maximum absolute atomic E-state index is 7.17. The van der Waals surface area contributed by atoms with Crippen LogP contribution < -0.4 is 0 Å². The Hall–Kier alpha value is -9.23. The van der Waals surface area contributed by atoms with Crippen LogP contribution in [-0.2, 0) is 6.42 Å². The molecule has 0 aliphatic heterocycles. The normalized spacial score (nSPS) is 13.7. The Morgan fingerprint density at radius 2 is 1.08 bits per heavy atom. The summed E-state index contributed by atoms with van der Waals surface area (Å²) < 4.78 is 12.0. The minimum Gasteiger partial charge on any atom is -0.456 e. The van der Waals surface area contributed by atoms with Crippen molar-refractivity contribution in [3.63, 3.8) is 0 Å². The van der Waals surface area contributed by atoms with Crippen molar-refractivity contribution in [3.05, 3.63) is 241 Å². The zero-order chi connectivity index (χ0) is 48.4. The molecular formula is C68H42N4OS. The predicted octanol–water partition coefficient (Wildman–Crippen LogP) is 18.3. The summed E-state index contributed by atoms with van der Waals surface area (Å²) in [4.78, 5) is 16.4. The highest BCUT2D eigenvalue weighted by Crippen LogP contribution is 2.50. The molecule has 16 rings (SSSR count). The Labute approximate surface area is 429 Å². The van der Waals surface area contributed by atoms with Gasteiger partial charge in [-0.25, -0.2) is 15.0 Å². The van der Waals surface area contributed by atoms with Crippen molar-refractivity contribution in [1.29, 1.82) is 0 Å². The monoisotopic (exact) mass is 962 g/mol. The van der Waals surface area contributed by atoms with Crippen LogP contribution in [0.15, 0.2) is 229 Å². The number of thiophene rings is 1. The van der Waals surface area contributed by atoms with E-state index in [1.165, 1.54) is 74.9 Å². The first kappa shape index (κ1) is 41.4. The molecule has 0 amide bonds. The van der Waals surface area contributed by atoms with Gasteiger partial charge < -0.3 is 8.98 Å². The summed E-state index contributed by atoms with van der Waals surface area (Å²) in [6, 6.07) is 81.3. The Morgan fingerprint density at radius 1 is 0.432 bits per heavy atom. The number of para-hydroxylation sites is 3. The van der Waals surface area contributed by atoms with Gasteiger partial charge in [-0.1, -0.05) is 158 Å². The maximum Gasteiger partial charge on any atom is 0.164 e. The molecule has 0 saturated heterocycles. The highest BCUT2D eigenvalue weighted by Gasteiger charge is 2.30. The zero-order valence-corrected chi connectivity index (χ0v) is 40.8. The van der Waals surface area contributed by atoms with Gasteiger partial charge in [0.05, 0.1) is 11.0 Å². The number of aryl methyl sites for hydroxylation is 1. The molecule has 0 fully saturated rings. The van der Waals surface area contributed by atoms with Crippen LogP contribution in [0.5, 0.6) is 0 Å². The number of fused-ring (bicyclic) bond motifs is 15. The van der Waals surface area contributed by atoms with Gasteiger partial charge in [-0.3, -0.25) is 0 Å². The zero-order valence-electron chi connectivity index (χ0n) is 40.0. The maximum atomic E-state index is 7.17. The minimum atomic E-state index is 0.0333. The molecule has 1 aliphatic carbocycles. The quantitative estimate of drug-likeness (QED) is 0.172. The molecule has 0 N–H and O–H groups in total. The van der Waals surface area contributed by atoms with Crippen molar-refractivity contribution in [3.8, 4) is 51.0 Å². The molecule has 0 saturated carbocycles. The SMILES string of the molecule is c1ccc(-n2c3ccccc3c3cc(-c4nc(-c5ccc6c(c5)sc5ccccc56)nc(-c5ccc(C6CCc7cc8ccccc8cc7-c7ccc8ccccc8c76)c6oc7ccccc7c56)n4)ccc32)cc1. The van der Waals surface area contributed by atoms with Gasteiger partial charge in [-0.05, 0) is 123 Å². The molecular weight excluding hydrogens is 921 g/mol. The van der Waals surface area contributed by atoms with E-state index >= 15 is 0 Å². The average Bonchev–Trinajstić information content (AvgIpc) is 4.12. The molecule has 11 aromatic carbocycles. The Morgan fingerprint density at radius 3 is 1.95 bits per heavy atom. The molecule has 4 heterocycles. The second kappa shape index (κ2) is 16.1. The van der Waals surface area contributed by atoms with Crippen LogP contribution in [0.1, 0.15) is 29.0 Å². The van der Waals surface area contributed by atoms with Crippen LogP contribution in [0, 0.1) is 0 Å². The molecule has 1 unspecified atom stereocenters. The van der Waals surface area contributed by atoms with Gasteiger partial charge in [0.25, 0.3) is 0 Å². The van der Waals surface area contributed by atoms with Gasteiger partial charge in [0.15, 0.2) is 17.5 Å². The van der Waals surface area contributed by atoms with Crippen LogP contribution in [0.25, 0.3) is 136 Å². The average molecular weight is 963 g/mol. The summed E-state index contributed by atoms with van der Waals surface area (Å²) in [6.45, 7) is 0. The molecule has 0 spiro atoms. The van der Waals surface area contributed by atoms with Crippen LogP contribution in [-0.4, -0.2) is 19.5 Å². The van der Waals surface area contributed by atoms with E-state index < -0.39 is 0 Å². The molecule has 6 heteroatoms. The molecule has 0 radical (unpaired) electrons. The Bertz CT molecular complexity index is 4810. The van der Waals surface area contributed by atoms with Crippen molar-refractivity contribution < 1.29 is 4.42 Å². The molecule has 0 bridgehead atoms. The number of rotatable bonds is 5. The summed E-state index contributed by atoms with van der Waals surface area (Å²) in [5.41, 5.74) is 14.3. The van der Waals surface area contributed by atoms with E-state index in [4.69, 9.17) is 19.4 Å². The van der Waals surface area contributed by atoms with Crippen molar-refractivity contribution in [2.45, 2.75) is 18.8 Å². The second-order valence-corrected chi connectivity index (χ2v) is 20.8. The highest BCUT2D eigenvalue weighted by atomic mass is 32.1. The smallest absolute Gasteiger partial charge is 0.164 e. The van der Waals surface area contributed by atoms with E-state index in [2.05, 4.69) is 229 Å². The van der Waals surface area contributed by atoms with Crippen molar-refractivity contribution in [2.75, 3.05) is 0 Å². The van der Waals surface area contributed by atoms with Gasteiger partial charge in [-0.15, -0.1) is 11.3 Å². The third-order valence-electron chi connectivity index (χ3n) is 15.7. The predicted molar refractivity (Wildman–Crippen MR) is 308 cm³/mol. The second-order valence-electron chi connectivity index (χ2n) is 19.7. The Kier molecular flexibility index (Phi) is 9.03. The number of nitrogens with zero attached hydrogens (tertiary/aromatic N) is 4. The van der Waals surface area contributed by atoms with Crippen LogP contribution in [0.2, 0.25) is 0 Å². The van der Waals surface area contributed by atoms with E-state index in [-0.39, 0.29) is 5.92 Å². The van der Waals surface area contributed by atoms with Crippen molar-refractivity contribution >= 4 is 96.8 Å². The fourth-order valence-electron chi connectivity index (χ4n) is 12.3. The van der Waals surface area contributed by atoms with E-state index in [9.17, 15) is 0 Å². The first-order chi connectivity index (χ1) is 36.7. The summed E-state index contributed by atoms with van der Waals surface area (Å²) in [7, 11) is 0. The third kappa shape index (κ3) is 6.31. The van der Waals surface area contributed by atoms with Gasteiger partial charge in [-0.2, -0.15) is 0 Å². The number of benzene rings is 11. The summed E-state index contributed by atoms with van der Waals surface area (Å²) in [5.74, 6) is 1.86. The van der Waals surface area contributed by atoms with E-state index in [1.54, 1.807) is 11.3 Å². The van der Waals surface area contributed by atoms with Crippen LogP contribution in [0.3, 0.4) is 0 Å². The lowest BCUT2D eigenvalue weighted by molar-refractivity contribution is 0.648.